The highest BCUT2D eigenvalue weighted by atomic mass is 79.9. The highest BCUT2D eigenvalue weighted by Gasteiger charge is 2.21. The molecule has 0 saturated carbocycles. The second kappa shape index (κ2) is 24.7. The van der Waals surface area contributed by atoms with Gasteiger partial charge in [-0.3, -0.25) is 0 Å². The Kier molecular flexibility index (Phi) is 18.6. The van der Waals surface area contributed by atoms with Crippen LogP contribution in [0.1, 0.15) is 92.8 Å². The molecule has 0 N–H and O–H groups in total. The highest BCUT2D eigenvalue weighted by Crippen LogP contribution is 2.28. The van der Waals surface area contributed by atoms with Crippen molar-refractivity contribution in [3.8, 4) is 34.5 Å². The quantitative estimate of drug-likeness (QED) is 0.0391. The van der Waals surface area contributed by atoms with Gasteiger partial charge in [-0.1, -0.05) is 102 Å². The molecule has 14 heteroatoms. The van der Waals surface area contributed by atoms with Crippen molar-refractivity contribution in [3.63, 3.8) is 0 Å². The van der Waals surface area contributed by atoms with Crippen molar-refractivity contribution in [2.75, 3.05) is 13.2 Å². The molecule has 0 saturated heterocycles. The molecule has 0 aliphatic carbocycles. The Morgan fingerprint density at radius 1 is 0.328 bits per heavy atom. The number of unbranched alkanes of at least 4 members (excludes halogenated alkanes) is 7. The molecule has 0 unspecified atom stereocenters. The van der Waals surface area contributed by atoms with E-state index in [2.05, 4.69) is 63.7 Å². The summed E-state index contributed by atoms with van der Waals surface area (Å²) in [6.07, 6.45) is 7.33. The lowest BCUT2D eigenvalue weighted by Gasteiger charge is -2.13. The number of hydrogen-bond donors (Lipinski definition) is 0. The van der Waals surface area contributed by atoms with E-state index in [1.165, 1.54) is 36.4 Å². The first kappa shape index (κ1) is 48.2. The van der Waals surface area contributed by atoms with Crippen LogP contribution in [0.3, 0.4) is 0 Å². The minimum atomic E-state index is -0.610. The van der Waals surface area contributed by atoms with Crippen LogP contribution in [0.5, 0.6) is 34.5 Å². The zero-order valence-corrected chi connectivity index (χ0v) is 40.7. The number of halogens is 4. The molecule has 0 radical (unpaired) electrons. The molecule has 0 spiro atoms. The lowest BCUT2D eigenvalue weighted by Crippen LogP contribution is -2.14. The number of esters is 4. The maximum Gasteiger partial charge on any atom is 0.347 e. The standard InChI is InChI=1S/C50H42Br4O10/c51-35-11-19-39(20-12-35)61-47(55)33-9-27-43(49(57)63-41-23-15-37(53)16-24-41)45(31-33)59-29-7-5-3-1-2-4-6-8-30-60-46-32-34(48(56)62-40-21-13-36(52)14-22-40)10-28-44(46)50(58)64-42-25-17-38(54)18-26-42/h9-28,31-32H,1-8,29-30H2. The van der Waals surface area contributed by atoms with Gasteiger partial charge in [0.1, 0.15) is 45.6 Å². The van der Waals surface area contributed by atoms with Crippen molar-refractivity contribution in [1.29, 1.82) is 0 Å². The van der Waals surface area contributed by atoms with Gasteiger partial charge in [-0.25, -0.2) is 19.2 Å². The van der Waals surface area contributed by atoms with Gasteiger partial charge in [0.2, 0.25) is 0 Å². The zero-order valence-electron chi connectivity index (χ0n) is 34.4. The summed E-state index contributed by atoms with van der Waals surface area (Å²) in [5.41, 5.74) is 0.842. The van der Waals surface area contributed by atoms with Crippen LogP contribution in [0.15, 0.2) is 151 Å². The summed E-state index contributed by atoms with van der Waals surface area (Å²) in [5.74, 6) is -0.418. The fraction of sp³-hybridized carbons (Fsp3) is 0.200. The lowest BCUT2D eigenvalue weighted by atomic mass is 10.1. The first-order valence-corrected chi connectivity index (χ1v) is 23.6. The molecule has 0 aliphatic heterocycles. The van der Waals surface area contributed by atoms with E-state index in [0.717, 1.165) is 69.3 Å². The van der Waals surface area contributed by atoms with Gasteiger partial charge in [0.05, 0.1) is 24.3 Å². The Labute approximate surface area is 405 Å². The van der Waals surface area contributed by atoms with Crippen molar-refractivity contribution in [1.82, 2.24) is 0 Å². The number of benzene rings is 6. The molecule has 0 aliphatic rings. The van der Waals surface area contributed by atoms with Crippen LogP contribution in [0, 0.1) is 0 Å². The second-order valence-corrected chi connectivity index (χ2v) is 18.0. The summed E-state index contributed by atoms with van der Waals surface area (Å²) in [6.45, 7) is 0.672. The zero-order chi connectivity index (χ0) is 45.3. The summed E-state index contributed by atoms with van der Waals surface area (Å²) in [5, 5.41) is 0. The van der Waals surface area contributed by atoms with Gasteiger partial charge in [0.15, 0.2) is 0 Å². The van der Waals surface area contributed by atoms with E-state index >= 15 is 0 Å². The van der Waals surface area contributed by atoms with Gasteiger partial charge in [0.25, 0.3) is 0 Å². The molecule has 64 heavy (non-hydrogen) atoms. The van der Waals surface area contributed by atoms with E-state index in [4.69, 9.17) is 28.4 Å². The Morgan fingerprint density at radius 2 is 0.594 bits per heavy atom. The Hall–Kier alpha value is -5.28. The van der Waals surface area contributed by atoms with E-state index in [0.29, 0.717) is 36.2 Å². The predicted molar refractivity (Wildman–Crippen MR) is 257 cm³/mol. The van der Waals surface area contributed by atoms with E-state index in [1.54, 1.807) is 97.1 Å². The first-order chi connectivity index (χ1) is 31.0. The van der Waals surface area contributed by atoms with Crippen LogP contribution in [-0.4, -0.2) is 37.1 Å². The maximum atomic E-state index is 13.2. The van der Waals surface area contributed by atoms with Crippen LogP contribution < -0.4 is 28.4 Å². The normalized spacial score (nSPS) is 10.8. The number of carbonyl (C=O) groups is 4. The Balaban J connectivity index is 0.952. The maximum absolute atomic E-state index is 13.2. The summed E-state index contributed by atoms with van der Waals surface area (Å²) in [6, 6.07) is 36.7. The number of ether oxygens (including phenoxy) is 6. The summed E-state index contributed by atoms with van der Waals surface area (Å²) in [7, 11) is 0. The molecule has 6 aromatic carbocycles. The summed E-state index contributed by atoms with van der Waals surface area (Å²) < 4.78 is 37.9. The third-order valence-corrected chi connectivity index (χ3v) is 11.6. The third-order valence-electron chi connectivity index (χ3n) is 9.53. The van der Waals surface area contributed by atoms with E-state index in [9.17, 15) is 19.2 Å². The van der Waals surface area contributed by atoms with Crippen molar-refractivity contribution < 1.29 is 47.6 Å². The second-order valence-electron chi connectivity index (χ2n) is 14.3. The van der Waals surface area contributed by atoms with Crippen LogP contribution in [0.4, 0.5) is 0 Å². The Morgan fingerprint density at radius 3 is 0.891 bits per heavy atom. The van der Waals surface area contributed by atoms with Crippen molar-refractivity contribution in [2.45, 2.75) is 51.4 Å². The van der Waals surface area contributed by atoms with Gasteiger partial charge < -0.3 is 28.4 Å². The molecular weight excluding hydrogens is 1080 g/mol. The van der Waals surface area contributed by atoms with Crippen LogP contribution in [0.25, 0.3) is 0 Å². The van der Waals surface area contributed by atoms with E-state index in [1.807, 2.05) is 0 Å². The van der Waals surface area contributed by atoms with E-state index in [-0.39, 0.29) is 33.8 Å². The fourth-order valence-corrected chi connectivity index (χ4v) is 7.23. The molecule has 0 fully saturated rings. The highest BCUT2D eigenvalue weighted by molar-refractivity contribution is 9.11. The van der Waals surface area contributed by atoms with Crippen molar-refractivity contribution in [2.24, 2.45) is 0 Å². The molecule has 0 amide bonds. The van der Waals surface area contributed by atoms with Crippen molar-refractivity contribution >= 4 is 87.6 Å². The minimum absolute atomic E-state index is 0.191. The number of hydrogen-bond acceptors (Lipinski definition) is 10. The van der Waals surface area contributed by atoms with Gasteiger partial charge >= 0.3 is 23.9 Å². The van der Waals surface area contributed by atoms with Gasteiger partial charge in [-0.15, -0.1) is 0 Å². The van der Waals surface area contributed by atoms with Gasteiger partial charge in [0, 0.05) is 17.9 Å². The molecule has 330 valence electrons. The van der Waals surface area contributed by atoms with Crippen LogP contribution in [-0.2, 0) is 0 Å². The SMILES string of the molecule is O=C(Oc1ccc(Br)cc1)c1ccc(C(=O)Oc2ccc(Br)cc2)c(OCCCCCCCCCCOc2cc(C(=O)Oc3ccc(Br)cc3)ccc2C(=O)Oc2ccc(Br)cc2)c1. The largest absolute Gasteiger partial charge is 0.493 e. The van der Waals surface area contributed by atoms with Crippen LogP contribution >= 0.6 is 63.7 Å². The Bertz CT molecular complexity index is 2330. The smallest absolute Gasteiger partial charge is 0.347 e. The third kappa shape index (κ3) is 15.2. The minimum Gasteiger partial charge on any atom is -0.493 e. The summed E-state index contributed by atoms with van der Waals surface area (Å²) in [4.78, 5) is 52.5. The average Bonchev–Trinajstić information content (AvgIpc) is 3.29. The molecule has 0 aromatic heterocycles. The molecule has 0 heterocycles. The monoisotopic (exact) mass is 1120 g/mol. The topological polar surface area (TPSA) is 124 Å². The van der Waals surface area contributed by atoms with Crippen LogP contribution in [0.2, 0.25) is 0 Å². The average molecular weight is 1120 g/mol. The number of rotatable bonds is 21. The molecule has 10 nitrogen and oxygen atoms in total. The first-order valence-electron chi connectivity index (χ1n) is 20.5. The molecule has 0 bridgehead atoms. The number of carbonyl (C=O) groups excluding carboxylic acids is 4. The van der Waals surface area contributed by atoms with Gasteiger partial charge in [-0.2, -0.15) is 0 Å². The van der Waals surface area contributed by atoms with Crippen molar-refractivity contribution in [3.05, 3.63) is 174 Å². The lowest BCUT2D eigenvalue weighted by molar-refractivity contribution is 0.0716. The van der Waals surface area contributed by atoms with E-state index < -0.39 is 23.9 Å². The summed E-state index contributed by atoms with van der Waals surface area (Å²) >= 11 is 13.5. The molecule has 6 rings (SSSR count). The molecule has 6 aromatic rings. The predicted octanol–water partition coefficient (Wildman–Crippen LogP) is 14.2. The van der Waals surface area contributed by atoms with Gasteiger partial charge in [-0.05, 0) is 146 Å². The molecular formula is C50H42Br4O10. The molecule has 0 atom stereocenters. The fourth-order valence-electron chi connectivity index (χ4n) is 6.17.